The van der Waals surface area contributed by atoms with Crippen molar-refractivity contribution in [3.63, 3.8) is 0 Å². The first-order valence-electron chi connectivity index (χ1n) is 5.24. The van der Waals surface area contributed by atoms with Crippen LogP contribution in [0.1, 0.15) is 0 Å². The Morgan fingerprint density at radius 2 is 1.82 bits per heavy atom. The van der Waals surface area contributed by atoms with Crippen molar-refractivity contribution in [1.29, 1.82) is 0 Å². The van der Waals surface area contributed by atoms with Crippen LogP contribution in [0.4, 0.5) is 10.1 Å². The molecular formula is C13H10FN3. The quantitative estimate of drug-likeness (QED) is 0.649. The molecule has 0 unspecified atom stereocenters. The highest BCUT2D eigenvalue weighted by atomic mass is 19.1. The second kappa shape index (κ2) is 3.59. The first kappa shape index (κ1) is 9.84. The zero-order valence-corrected chi connectivity index (χ0v) is 8.97. The van der Waals surface area contributed by atoms with Crippen LogP contribution < -0.4 is 5.73 Å². The lowest BCUT2D eigenvalue weighted by Crippen LogP contribution is -1.96. The molecule has 0 radical (unpaired) electrons. The molecule has 0 atom stereocenters. The minimum atomic E-state index is -0.260. The topological polar surface area (TPSA) is 43.8 Å². The van der Waals surface area contributed by atoms with Crippen LogP contribution in [0.5, 0.6) is 0 Å². The van der Waals surface area contributed by atoms with Crippen molar-refractivity contribution in [3.8, 4) is 5.69 Å². The maximum Gasteiger partial charge on any atom is 0.134 e. The highest BCUT2D eigenvalue weighted by molar-refractivity contribution is 5.80. The standard InChI is InChI=1S/C13H10FN3/c14-12-2-1-3-13-11(12)8-16-17(13)10-6-4-9(15)5-7-10/h1-8H,15H2. The van der Waals surface area contributed by atoms with Gasteiger partial charge in [0, 0.05) is 5.69 Å². The molecule has 1 aromatic heterocycles. The number of hydrogen-bond acceptors (Lipinski definition) is 2. The normalized spacial score (nSPS) is 10.9. The van der Waals surface area contributed by atoms with Gasteiger partial charge in [0.1, 0.15) is 5.82 Å². The van der Waals surface area contributed by atoms with Crippen molar-refractivity contribution in [2.45, 2.75) is 0 Å². The molecule has 2 N–H and O–H groups in total. The molecule has 84 valence electrons. The van der Waals surface area contributed by atoms with E-state index in [1.54, 1.807) is 22.9 Å². The number of hydrogen-bond donors (Lipinski definition) is 1. The Labute approximate surface area is 97.3 Å². The number of nitrogens with two attached hydrogens (primary N) is 1. The number of halogens is 1. The van der Waals surface area contributed by atoms with Gasteiger partial charge in [0.2, 0.25) is 0 Å². The number of aromatic nitrogens is 2. The van der Waals surface area contributed by atoms with Crippen LogP contribution in [-0.2, 0) is 0 Å². The van der Waals surface area contributed by atoms with Crippen molar-refractivity contribution in [3.05, 3.63) is 54.5 Å². The van der Waals surface area contributed by atoms with E-state index in [4.69, 9.17) is 5.73 Å². The van der Waals surface area contributed by atoms with E-state index in [9.17, 15) is 4.39 Å². The molecule has 0 spiro atoms. The molecular weight excluding hydrogens is 217 g/mol. The Morgan fingerprint density at radius 3 is 2.59 bits per heavy atom. The minimum Gasteiger partial charge on any atom is -0.399 e. The van der Waals surface area contributed by atoms with Gasteiger partial charge in [-0.1, -0.05) is 6.07 Å². The third-order valence-electron chi connectivity index (χ3n) is 2.70. The molecule has 0 saturated heterocycles. The molecule has 0 bridgehead atoms. The van der Waals surface area contributed by atoms with Crippen molar-refractivity contribution < 1.29 is 4.39 Å². The second-order valence-corrected chi connectivity index (χ2v) is 3.82. The van der Waals surface area contributed by atoms with Crippen molar-refractivity contribution in [2.24, 2.45) is 0 Å². The van der Waals surface area contributed by atoms with E-state index >= 15 is 0 Å². The van der Waals surface area contributed by atoms with Crippen LogP contribution in [-0.4, -0.2) is 9.78 Å². The summed E-state index contributed by atoms with van der Waals surface area (Å²) in [6.45, 7) is 0. The molecule has 4 heteroatoms. The molecule has 3 rings (SSSR count). The van der Waals surface area contributed by atoms with Gasteiger partial charge in [-0.05, 0) is 36.4 Å². The van der Waals surface area contributed by atoms with E-state index in [-0.39, 0.29) is 5.82 Å². The first-order chi connectivity index (χ1) is 8.25. The maximum atomic E-state index is 13.5. The van der Waals surface area contributed by atoms with Gasteiger partial charge in [0.05, 0.1) is 22.8 Å². The molecule has 3 nitrogen and oxygen atoms in total. The molecule has 2 aromatic carbocycles. The minimum absolute atomic E-state index is 0.260. The van der Waals surface area contributed by atoms with Crippen LogP contribution in [0.15, 0.2) is 48.7 Å². The van der Waals surface area contributed by atoms with Gasteiger partial charge in [-0.3, -0.25) is 0 Å². The Hall–Kier alpha value is -2.36. The van der Waals surface area contributed by atoms with Crippen molar-refractivity contribution in [1.82, 2.24) is 9.78 Å². The van der Waals surface area contributed by atoms with Crippen molar-refractivity contribution >= 4 is 16.6 Å². The molecule has 17 heavy (non-hydrogen) atoms. The first-order valence-corrected chi connectivity index (χ1v) is 5.24. The monoisotopic (exact) mass is 227 g/mol. The Kier molecular flexibility index (Phi) is 2.08. The molecule has 0 amide bonds. The van der Waals surface area contributed by atoms with Crippen LogP contribution >= 0.6 is 0 Å². The number of nitrogens with zero attached hydrogens (tertiary/aromatic N) is 2. The van der Waals surface area contributed by atoms with Gasteiger partial charge in [0.15, 0.2) is 0 Å². The Morgan fingerprint density at radius 1 is 1.06 bits per heavy atom. The maximum absolute atomic E-state index is 13.5. The van der Waals surface area contributed by atoms with Crippen LogP contribution in [0, 0.1) is 5.82 Å². The number of anilines is 1. The lowest BCUT2D eigenvalue weighted by molar-refractivity contribution is 0.640. The molecule has 0 aliphatic carbocycles. The summed E-state index contributed by atoms with van der Waals surface area (Å²) in [5.41, 5.74) is 7.92. The number of rotatable bonds is 1. The van der Waals surface area contributed by atoms with Gasteiger partial charge < -0.3 is 5.73 Å². The van der Waals surface area contributed by atoms with E-state index in [1.165, 1.54) is 12.3 Å². The predicted octanol–water partition coefficient (Wildman–Crippen LogP) is 2.75. The fraction of sp³-hybridized carbons (Fsp3) is 0. The fourth-order valence-corrected chi connectivity index (χ4v) is 1.84. The number of benzene rings is 2. The summed E-state index contributed by atoms with van der Waals surface area (Å²) in [7, 11) is 0. The van der Waals surface area contributed by atoms with Gasteiger partial charge in [-0.15, -0.1) is 0 Å². The summed E-state index contributed by atoms with van der Waals surface area (Å²) in [5.74, 6) is -0.260. The van der Waals surface area contributed by atoms with E-state index in [0.29, 0.717) is 11.1 Å². The van der Waals surface area contributed by atoms with Gasteiger partial charge >= 0.3 is 0 Å². The fourth-order valence-electron chi connectivity index (χ4n) is 1.84. The number of fused-ring (bicyclic) bond motifs is 1. The third-order valence-corrected chi connectivity index (χ3v) is 2.70. The molecule has 3 aromatic rings. The highest BCUT2D eigenvalue weighted by Gasteiger charge is 2.07. The lowest BCUT2D eigenvalue weighted by atomic mass is 10.2. The summed E-state index contributed by atoms with van der Waals surface area (Å²) in [6.07, 6.45) is 1.53. The Bertz CT molecular complexity index is 671. The van der Waals surface area contributed by atoms with E-state index in [1.807, 2.05) is 18.2 Å². The van der Waals surface area contributed by atoms with E-state index in [2.05, 4.69) is 5.10 Å². The summed E-state index contributed by atoms with van der Waals surface area (Å²) >= 11 is 0. The van der Waals surface area contributed by atoms with Crippen LogP contribution in [0.3, 0.4) is 0 Å². The van der Waals surface area contributed by atoms with Crippen LogP contribution in [0.2, 0.25) is 0 Å². The average Bonchev–Trinajstić information content (AvgIpc) is 2.75. The van der Waals surface area contributed by atoms with Crippen LogP contribution in [0.25, 0.3) is 16.6 Å². The molecule has 0 aliphatic rings. The summed E-state index contributed by atoms with van der Waals surface area (Å²) in [6, 6.07) is 12.2. The molecule has 0 saturated carbocycles. The van der Waals surface area contributed by atoms with Gasteiger partial charge in [-0.2, -0.15) is 5.10 Å². The third kappa shape index (κ3) is 1.54. The van der Waals surface area contributed by atoms with Crippen molar-refractivity contribution in [2.75, 3.05) is 5.73 Å². The smallest absolute Gasteiger partial charge is 0.134 e. The SMILES string of the molecule is Nc1ccc(-n2ncc3c(F)cccc32)cc1. The molecule has 0 aliphatic heterocycles. The largest absolute Gasteiger partial charge is 0.399 e. The van der Waals surface area contributed by atoms with E-state index in [0.717, 1.165) is 11.2 Å². The molecule has 1 heterocycles. The Balaban J connectivity index is 2.24. The van der Waals surface area contributed by atoms with E-state index < -0.39 is 0 Å². The highest BCUT2D eigenvalue weighted by Crippen LogP contribution is 2.21. The lowest BCUT2D eigenvalue weighted by Gasteiger charge is -2.03. The summed E-state index contributed by atoms with van der Waals surface area (Å²) in [5, 5.41) is 4.71. The predicted molar refractivity (Wildman–Crippen MR) is 65.4 cm³/mol. The zero-order valence-electron chi connectivity index (χ0n) is 8.97. The second-order valence-electron chi connectivity index (χ2n) is 3.82. The molecule has 0 fully saturated rings. The summed E-state index contributed by atoms with van der Waals surface area (Å²) in [4.78, 5) is 0. The number of nitrogen functional groups attached to an aromatic ring is 1. The van der Waals surface area contributed by atoms with Gasteiger partial charge in [-0.25, -0.2) is 9.07 Å². The summed E-state index contributed by atoms with van der Waals surface area (Å²) < 4.78 is 15.2. The average molecular weight is 227 g/mol. The zero-order chi connectivity index (χ0) is 11.8. The van der Waals surface area contributed by atoms with Gasteiger partial charge in [0.25, 0.3) is 0 Å².